The van der Waals surface area contributed by atoms with Crippen molar-refractivity contribution in [2.24, 2.45) is 0 Å². The van der Waals surface area contributed by atoms with E-state index < -0.39 is 5.60 Å². The van der Waals surface area contributed by atoms with Gasteiger partial charge in [-0.1, -0.05) is 35.3 Å². The van der Waals surface area contributed by atoms with E-state index in [4.69, 9.17) is 37.4 Å². The number of carbonyl (C=O) groups is 1. The molecule has 2 heterocycles. The van der Waals surface area contributed by atoms with Crippen LogP contribution in [0.25, 0.3) is 0 Å². The van der Waals surface area contributed by atoms with Crippen molar-refractivity contribution < 1.29 is 19.0 Å². The lowest BCUT2D eigenvalue weighted by Gasteiger charge is -2.33. The maximum Gasteiger partial charge on any atom is 0.307 e. The molecule has 1 aliphatic rings. The highest BCUT2D eigenvalue weighted by molar-refractivity contribution is 6.35. The molecule has 8 heteroatoms. The third-order valence-electron chi connectivity index (χ3n) is 4.79. The average Bonchev–Trinajstić information content (AvgIpc) is 2.71. The Morgan fingerprint density at radius 3 is 2.52 bits per heavy atom. The minimum atomic E-state index is -0.456. The Morgan fingerprint density at radius 2 is 1.87 bits per heavy atom. The fourth-order valence-corrected chi connectivity index (χ4v) is 3.73. The van der Waals surface area contributed by atoms with E-state index in [2.05, 4.69) is 9.88 Å². The van der Waals surface area contributed by atoms with E-state index in [1.165, 1.54) is 0 Å². The van der Waals surface area contributed by atoms with E-state index in [-0.39, 0.29) is 18.7 Å². The normalized spacial score (nSPS) is 17.4. The highest BCUT2D eigenvalue weighted by Gasteiger charge is 2.23. The number of rotatable bonds is 7. The van der Waals surface area contributed by atoms with Crippen LogP contribution in [0.1, 0.15) is 44.4 Å². The molecular weight excluding hydrogens is 439 g/mol. The van der Waals surface area contributed by atoms with Crippen LogP contribution in [0.3, 0.4) is 0 Å². The molecule has 0 bridgehead atoms. The lowest BCUT2D eigenvalue weighted by atomic mass is 10.1. The van der Waals surface area contributed by atoms with Crippen LogP contribution >= 0.6 is 23.2 Å². The monoisotopic (exact) mass is 466 g/mol. The molecule has 31 heavy (non-hydrogen) atoms. The first-order valence-electron chi connectivity index (χ1n) is 10.3. The van der Waals surface area contributed by atoms with Crippen LogP contribution < -0.4 is 4.74 Å². The van der Waals surface area contributed by atoms with Crippen molar-refractivity contribution in [2.45, 2.75) is 45.5 Å². The molecule has 168 valence electrons. The number of ether oxygens (including phenoxy) is 3. The summed E-state index contributed by atoms with van der Waals surface area (Å²) in [6.07, 6.45) is 3.41. The summed E-state index contributed by atoms with van der Waals surface area (Å²) < 4.78 is 17.2. The van der Waals surface area contributed by atoms with Crippen LogP contribution in [-0.2, 0) is 20.9 Å². The first-order valence-corrected chi connectivity index (χ1v) is 11.0. The van der Waals surface area contributed by atoms with E-state index in [0.29, 0.717) is 40.9 Å². The zero-order chi connectivity index (χ0) is 22.4. The summed E-state index contributed by atoms with van der Waals surface area (Å²) in [5, 5.41) is 0.956. The van der Waals surface area contributed by atoms with Crippen molar-refractivity contribution in [1.29, 1.82) is 0 Å². The van der Waals surface area contributed by atoms with Gasteiger partial charge in [-0.2, -0.15) is 0 Å². The van der Waals surface area contributed by atoms with Crippen LogP contribution in [0, 0.1) is 0 Å². The number of pyridine rings is 1. The second-order valence-electron chi connectivity index (χ2n) is 8.44. The summed E-state index contributed by atoms with van der Waals surface area (Å²) in [6.45, 7) is 8.70. The summed E-state index contributed by atoms with van der Waals surface area (Å²) in [7, 11) is 0. The van der Waals surface area contributed by atoms with Gasteiger partial charge in [0.25, 0.3) is 0 Å². The smallest absolute Gasteiger partial charge is 0.307 e. The number of hydrogen-bond acceptors (Lipinski definition) is 6. The lowest BCUT2D eigenvalue weighted by Crippen LogP contribution is -2.39. The third-order valence-corrected chi connectivity index (χ3v) is 5.44. The zero-order valence-corrected chi connectivity index (χ0v) is 19.6. The SMILES string of the molecule is CC(C)(C)OC(=O)CCN1CCOC(c2ccc(OCc3c(Cl)cncc3Cl)cc2)C1. The van der Waals surface area contributed by atoms with Crippen LogP contribution in [0.5, 0.6) is 5.75 Å². The largest absolute Gasteiger partial charge is 0.489 e. The Kier molecular flexibility index (Phi) is 8.17. The molecular formula is C23H28Cl2N2O4. The average molecular weight is 467 g/mol. The Labute approximate surface area is 193 Å². The summed E-state index contributed by atoms with van der Waals surface area (Å²) in [5.41, 5.74) is 1.32. The van der Waals surface area contributed by atoms with Crippen molar-refractivity contribution >= 4 is 29.2 Å². The molecule has 0 saturated carbocycles. The van der Waals surface area contributed by atoms with Gasteiger partial charge in [-0.25, -0.2) is 0 Å². The molecule has 1 unspecified atom stereocenters. The number of benzene rings is 1. The molecule has 1 aliphatic heterocycles. The van der Waals surface area contributed by atoms with E-state index in [1.54, 1.807) is 12.4 Å². The predicted octanol–water partition coefficient (Wildman–Crippen LogP) is 5.07. The van der Waals surface area contributed by atoms with Gasteiger partial charge in [0.05, 0.1) is 29.2 Å². The maximum atomic E-state index is 12.0. The van der Waals surface area contributed by atoms with Crippen LogP contribution in [-0.4, -0.2) is 47.7 Å². The minimum Gasteiger partial charge on any atom is -0.489 e. The van der Waals surface area contributed by atoms with Crippen molar-refractivity contribution in [3.05, 3.63) is 57.8 Å². The second-order valence-corrected chi connectivity index (χ2v) is 9.25. The van der Waals surface area contributed by atoms with Crippen molar-refractivity contribution in [3.63, 3.8) is 0 Å². The number of aromatic nitrogens is 1. The molecule has 1 fully saturated rings. The fraction of sp³-hybridized carbons (Fsp3) is 0.478. The highest BCUT2D eigenvalue weighted by atomic mass is 35.5. The standard InChI is InChI=1S/C23H28Cl2N2O4/c1-23(2,3)31-22(28)8-9-27-10-11-29-21(14-27)16-4-6-17(7-5-16)30-15-18-19(24)12-26-13-20(18)25/h4-7,12-13,21H,8-11,14-15H2,1-3H3. The Balaban J connectivity index is 1.51. The number of carbonyl (C=O) groups excluding carboxylic acids is 1. The van der Waals surface area contributed by atoms with Gasteiger partial charge in [0.1, 0.15) is 18.0 Å². The molecule has 0 N–H and O–H groups in total. The fourth-order valence-electron chi connectivity index (χ4n) is 3.26. The molecule has 0 spiro atoms. The second kappa shape index (κ2) is 10.6. The first-order chi connectivity index (χ1) is 14.7. The van der Waals surface area contributed by atoms with E-state index in [9.17, 15) is 4.79 Å². The predicted molar refractivity (Wildman–Crippen MR) is 121 cm³/mol. The van der Waals surface area contributed by atoms with E-state index in [1.807, 2.05) is 45.0 Å². The minimum absolute atomic E-state index is 0.0504. The molecule has 2 aromatic rings. The van der Waals surface area contributed by atoms with Gasteiger partial charge in [0, 0.05) is 37.6 Å². The summed E-state index contributed by atoms with van der Waals surface area (Å²) in [4.78, 5) is 18.2. The maximum absolute atomic E-state index is 12.0. The van der Waals surface area contributed by atoms with E-state index >= 15 is 0 Å². The molecule has 1 aromatic carbocycles. The zero-order valence-electron chi connectivity index (χ0n) is 18.1. The lowest BCUT2D eigenvalue weighted by molar-refractivity contribution is -0.155. The van der Waals surface area contributed by atoms with Crippen molar-refractivity contribution in [1.82, 2.24) is 9.88 Å². The molecule has 6 nitrogen and oxygen atoms in total. The first kappa shape index (κ1) is 23.8. The van der Waals surface area contributed by atoms with E-state index in [0.717, 1.165) is 18.7 Å². The Hall–Kier alpha value is -1.86. The molecule has 0 amide bonds. The summed E-state index contributed by atoms with van der Waals surface area (Å²) >= 11 is 12.3. The molecule has 1 atom stereocenters. The molecule has 0 aliphatic carbocycles. The van der Waals surface area contributed by atoms with Gasteiger partial charge in [-0.15, -0.1) is 0 Å². The number of halogens is 2. The van der Waals surface area contributed by atoms with Gasteiger partial charge in [-0.05, 0) is 38.5 Å². The van der Waals surface area contributed by atoms with Gasteiger partial charge in [0.15, 0.2) is 0 Å². The molecule has 1 saturated heterocycles. The van der Waals surface area contributed by atoms with Gasteiger partial charge in [0.2, 0.25) is 0 Å². The van der Waals surface area contributed by atoms with Crippen molar-refractivity contribution in [3.8, 4) is 5.75 Å². The number of nitrogens with zero attached hydrogens (tertiary/aromatic N) is 2. The summed E-state index contributed by atoms with van der Waals surface area (Å²) in [6, 6.07) is 7.79. The topological polar surface area (TPSA) is 60.9 Å². The number of morpholine rings is 1. The van der Waals surface area contributed by atoms with Crippen molar-refractivity contribution in [2.75, 3.05) is 26.2 Å². The van der Waals surface area contributed by atoms with Crippen LogP contribution in [0.2, 0.25) is 10.0 Å². The molecule has 1 aromatic heterocycles. The van der Waals surface area contributed by atoms with Gasteiger partial charge < -0.3 is 14.2 Å². The summed E-state index contributed by atoms with van der Waals surface area (Å²) in [5.74, 6) is 0.539. The third kappa shape index (κ3) is 7.35. The van der Waals surface area contributed by atoms with Crippen LogP contribution in [0.4, 0.5) is 0 Å². The number of esters is 1. The van der Waals surface area contributed by atoms with Crippen LogP contribution in [0.15, 0.2) is 36.7 Å². The quantitative estimate of drug-likeness (QED) is 0.530. The highest BCUT2D eigenvalue weighted by Crippen LogP contribution is 2.27. The van der Waals surface area contributed by atoms with Gasteiger partial charge >= 0.3 is 5.97 Å². The number of hydrogen-bond donors (Lipinski definition) is 0. The molecule has 0 radical (unpaired) electrons. The Morgan fingerprint density at radius 1 is 1.19 bits per heavy atom. The van der Waals surface area contributed by atoms with Gasteiger partial charge in [-0.3, -0.25) is 14.7 Å². The molecule has 3 rings (SSSR count). The Bertz CT molecular complexity index is 864.